The lowest BCUT2D eigenvalue weighted by Crippen LogP contribution is -2.36. The summed E-state index contributed by atoms with van der Waals surface area (Å²) in [6, 6.07) is 4.09. The SMILES string of the molecule is Cc1cc(NC2CCCCC2O)c(Br)cc1N. The average molecular weight is 299 g/mol. The van der Waals surface area contributed by atoms with Gasteiger partial charge in [-0.2, -0.15) is 0 Å². The number of rotatable bonds is 2. The number of nitrogens with two attached hydrogens (primary N) is 1. The zero-order valence-corrected chi connectivity index (χ0v) is 11.6. The fraction of sp³-hybridized carbons (Fsp3) is 0.538. The molecule has 0 amide bonds. The van der Waals surface area contributed by atoms with Crippen molar-refractivity contribution in [1.29, 1.82) is 0 Å². The van der Waals surface area contributed by atoms with Crippen molar-refractivity contribution < 1.29 is 5.11 Å². The molecule has 1 aliphatic rings. The number of benzene rings is 1. The molecule has 2 unspecified atom stereocenters. The highest BCUT2D eigenvalue weighted by atomic mass is 79.9. The van der Waals surface area contributed by atoms with Crippen LogP contribution in [0.2, 0.25) is 0 Å². The van der Waals surface area contributed by atoms with E-state index in [1.807, 2.05) is 19.1 Å². The molecule has 0 heterocycles. The lowest BCUT2D eigenvalue weighted by Gasteiger charge is -2.29. The van der Waals surface area contributed by atoms with Crippen LogP contribution in [0.15, 0.2) is 16.6 Å². The van der Waals surface area contributed by atoms with E-state index in [2.05, 4.69) is 21.2 Å². The Hall–Kier alpha value is -0.740. The Bertz CT molecular complexity index is 409. The molecule has 0 aromatic heterocycles. The first-order chi connectivity index (χ1) is 8.08. The summed E-state index contributed by atoms with van der Waals surface area (Å²) in [5.41, 5.74) is 8.70. The molecule has 1 saturated carbocycles. The van der Waals surface area contributed by atoms with E-state index < -0.39 is 0 Å². The third-order valence-electron chi connectivity index (χ3n) is 3.43. The third kappa shape index (κ3) is 2.93. The lowest BCUT2D eigenvalue weighted by molar-refractivity contribution is 0.116. The molecular formula is C13H19BrN2O. The molecule has 4 heteroatoms. The first kappa shape index (κ1) is 12.7. The number of aliphatic hydroxyl groups excluding tert-OH is 1. The van der Waals surface area contributed by atoms with Crippen molar-refractivity contribution in [2.45, 2.75) is 44.8 Å². The van der Waals surface area contributed by atoms with E-state index in [1.54, 1.807) is 0 Å². The van der Waals surface area contributed by atoms with Gasteiger partial charge in [0.1, 0.15) is 0 Å². The number of hydrogen-bond donors (Lipinski definition) is 3. The van der Waals surface area contributed by atoms with Crippen LogP contribution in [0, 0.1) is 6.92 Å². The molecule has 0 bridgehead atoms. The number of aliphatic hydroxyl groups is 1. The second-order valence-corrected chi connectivity index (χ2v) is 5.65. The van der Waals surface area contributed by atoms with Crippen LogP contribution in [0.4, 0.5) is 11.4 Å². The van der Waals surface area contributed by atoms with Crippen LogP contribution in [0.1, 0.15) is 31.2 Å². The summed E-state index contributed by atoms with van der Waals surface area (Å²) >= 11 is 3.50. The molecule has 1 aliphatic carbocycles. The van der Waals surface area contributed by atoms with Gasteiger partial charge in [0.2, 0.25) is 0 Å². The zero-order chi connectivity index (χ0) is 12.4. The molecule has 0 aliphatic heterocycles. The Kier molecular flexibility index (Phi) is 3.94. The summed E-state index contributed by atoms with van der Waals surface area (Å²) in [6.07, 6.45) is 3.98. The fourth-order valence-corrected chi connectivity index (χ4v) is 2.76. The highest BCUT2D eigenvalue weighted by Crippen LogP contribution is 2.30. The van der Waals surface area contributed by atoms with E-state index in [4.69, 9.17) is 5.73 Å². The van der Waals surface area contributed by atoms with Crippen molar-refractivity contribution >= 4 is 27.3 Å². The highest BCUT2D eigenvalue weighted by molar-refractivity contribution is 9.10. The standard InChI is InChI=1S/C13H19BrN2O/c1-8-6-12(9(14)7-10(8)15)16-11-4-2-3-5-13(11)17/h6-7,11,13,16-17H,2-5,15H2,1H3. The van der Waals surface area contributed by atoms with Crippen LogP contribution in [-0.4, -0.2) is 17.3 Å². The largest absolute Gasteiger partial charge is 0.398 e. The molecule has 1 aromatic carbocycles. The topological polar surface area (TPSA) is 58.3 Å². The fourth-order valence-electron chi connectivity index (χ4n) is 2.29. The van der Waals surface area contributed by atoms with E-state index in [1.165, 1.54) is 6.42 Å². The molecule has 17 heavy (non-hydrogen) atoms. The summed E-state index contributed by atoms with van der Waals surface area (Å²) in [5, 5.41) is 13.4. The Morgan fingerprint density at radius 2 is 2.06 bits per heavy atom. The van der Waals surface area contributed by atoms with Crippen molar-refractivity contribution in [1.82, 2.24) is 0 Å². The van der Waals surface area contributed by atoms with Crippen LogP contribution in [-0.2, 0) is 0 Å². The number of anilines is 2. The normalized spacial score (nSPS) is 24.6. The van der Waals surface area contributed by atoms with Gasteiger partial charge in [0, 0.05) is 15.8 Å². The van der Waals surface area contributed by atoms with Crippen molar-refractivity contribution in [2.75, 3.05) is 11.1 Å². The molecule has 1 fully saturated rings. The molecule has 0 radical (unpaired) electrons. The van der Waals surface area contributed by atoms with Gasteiger partial charge in [-0.15, -0.1) is 0 Å². The molecule has 2 rings (SSSR count). The number of halogens is 1. The molecule has 0 spiro atoms. The van der Waals surface area contributed by atoms with Gasteiger partial charge in [0.25, 0.3) is 0 Å². The summed E-state index contributed by atoms with van der Waals surface area (Å²) in [4.78, 5) is 0. The number of nitrogens with one attached hydrogen (secondary N) is 1. The highest BCUT2D eigenvalue weighted by Gasteiger charge is 2.23. The summed E-state index contributed by atoms with van der Waals surface area (Å²) in [5.74, 6) is 0. The third-order valence-corrected chi connectivity index (χ3v) is 4.08. The molecule has 1 aromatic rings. The Labute approximate surface area is 111 Å². The maximum absolute atomic E-state index is 9.94. The first-order valence-electron chi connectivity index (χ1n) is 6.08. The van der Waals surface area contributed by atoms with Gasteiger partial charge in [0.15, 0.2) is 0 Å². The van der Waals surface area contributed by atoms with Gasteiger partial charge >= 0.3 is 0 Å². The predicted molar refractivity (Wildman–Crippen MR) is 75.2 cm³/mol. The summed E-state index contributed by atoms with van der Waals surface area (Å²) in [7, 11) is 0. The average Bonchev–Trinajstić information content (AvgIpc) is 2.29. The van der Waals surface area contributed by atoms with Crippen LogP contribution in [0.5, 0.6) is 0 Å². The quantitative estimate of drug-likeness (QED) is 0.736. The maximum atomic E-state index is 9.94. The van der Waals surface area contributed by atoms with Gasteiger partial charge < -0.3 is 16.2 Å². The molecule has 0 saturated heterocycles. The minimum absolute atomic E-state index is 0.156. The minimum atomic E-state index is -0.242. The van der Waals surface area contributed by atoms with Crippen LogP contribution < -0.4 is 11.1 Å². The Morgan fingerprint density at radius 3 is 2.76 bits per heavy atom. The molecular weight excluding hydrogens is 280 g/mol. The number of aryl methyl sites for hydroxylation is 1. The van der Waals surface area contributed by atoms with E-state index in [-0.39, 0.29) is 12.1 Å². The minimum Gasteiger partial charge on any atom is -0.398 e. The predicted octanol–water partition coefficient (Wildman–Crippen LogP) is 3.06. The number of nitrogen functional groups attached to an aromatic ring is 1. The monoisotopic (exact) mass is 298 g/mol. The summed E-state index contributed by atoms with van der Waals surface area (Å²) < 4.78 is 0.957. The van der Waals surface area contributed by atoms with Crippen molar-refractivity contribution in [3.8, 4) is 0 Å². The van der Waals surface area contributed by atoms with Gasteiger partial charge in [-0.05, 0) is 53.4 Å². The van der Waals surface area contributed by atoms with Crippen LogP contribution in [0.25, 0.3) is 0 Å². The van der Waals surface area contributed by atoms with Crippen molar-refractivity contribution in [2.24, 2.45) is 0 Å². The van der Waals surface area contributed by atoms with Gasteiger partial charge in [-0.3, -0.25) is 0 Å². The molecule has 4 N–H and O–H groups in total. The van der Waals surface area contributed by atoms with E-state index in [0.717, 1.165) is 40.7 Å². The second kappa shape index (κ2) is 5.27. The first-order valence-corrected chi connectivity index (χ1v) is 6.87. The van der Waals surface area contributed by atoms with E-state index >= 15 is 0 Å². The smallest absolute Gasteiger partial charge is 0.0741 e. The van der Waals surface area contributed by atoms with Gasteiger partial charge in [-0.25, -0.2) is 0 Å². The molecule has 3 nitrogen and oxygen atoms in total. The van der Waals surface area contributed by atoms with Crippen LogP contribution in [0.3, 0.4) is 0 Å². The lowest BCUT2D eigenvalue weighted by atomic mass is 9.92. The number of hydrogen-bond acceptors (Lipinski definition) is 3. The van der Waals surface area contributed by atoms with Crippen molar-refractivity contribution in [3.63, 3.8) is 0 Å². The molecule has 2 atom stereocenters. The van der Waals surface area contributed by atoms with E-state index in [9.17, 15) is 5.11 Å². The van der Waals surface area contributed by atoms with Crippen LogP contribution >= 0.6 is 15.9 Å². The molecule has 94 valence electrons. The van der Waals surface area contributed by atoms with Gasteiger partial charge in [-0.1, -0.05) is 12.8 Å². The van der Waals surface area contributed by atoms with E-state index in [0.29, 0.717) is 0 Å². The summed E-state index contributed by atoms with van der Waals surface area (Å²) in [6.45, 7) is 1.99. The Balaban J connectivity index is 2.15. The zero-order valence-electron chi connectivity index (χ0n) is 10.0. The van der Waals surface area contributed by atoms with Gasteiger partial charge in [0.05, 0.1) is 12.1 Å². The second-order valence-electron chi connectivity index (χ2n) is 4.79. The Morgan fingerprint density at radius 1 is 1.35 bits per heavy atom. The van der Waals surface area contributed by atoms with Crippen molar-refractivity contribution in [3.05, 3.63) is 22.2 Å². The maximum Gasteiger partial charge on any atom is 0.0741 e.